The van der Waals surface area contributed by atoms with Crippen LogP contribution < -0.4 is 15.4 Å². The minimum atomic E-state index is -0.644. The molecule has 0 aliphatic heterocycles. The van der Waals surface area contributed by atoms with E-state index in [0.29, 0.717) is 17.6 Å². The SMILES string of the molecule is CC[C@H](C)Nc1nc(NC)nc(Oc2ccc(C(=O)OCC(=O)OC)cc2)n1. The largest absolute Gasteiger partial charge is 0.466 e. The maximum Gasteiger partial charge on any atom is 0.344 e. The molecule has 0 radical (unpaired) electrons. The van der Waals surface area contributed by atoms with Crippen molar-refractivity contribution < 1.29 is 23.8 Å². The molecule has 28 heavy (non-hydrogen) atoms. The molecule has 1 aromatic heterocycles. The summed E-state index contributed by atoms with van der Waals surface area (Å²) in [5.41, 5.74) is 0.266. The number of ether oxygens (including phenoxy) is 3. The lowest BCUT2D eigenvalue weighted by molar-refractivity contribution is -0.144. The van der Waals surface area contributed by atoms with Crippen LogP contribution in [0.15, 0.2) is 24.3 Å². The van der Waals surface area contributed by atoms with Crippen molar-refractivity contribution >= 4 is 23.8 Å². The Labute approximate surface area is 162 Å². The van der Waals surface area contributed by atoms with Crippen molar-refractivity contribution in [1.82, 2.24) is 15.0 Å². The summed E-state index contributed by atoms with van der Waals surface area (Å²) in [5.74, 6) is -0.0994. The van der Waals surface area contributed by atoms with Crippen molar-refractivity contribution in [2.45, 2.75) is 26.3 Å². The molecule has 1 heterocycles. The Morgan fingerprint density at radius 3 is 2.39 bits per heavy atom. The molecule has 0 aliphatic carbocycles. The number of rotatable bonds is 9. The van der Waals surface area contributed by atoms with Crippen molar-refractivity contribution in [2.75, 3.05) is 31.4 Å². The van der Waals surface area contributed by atoms with Crippen LogP contribution in [0.1, 0.15) is 30.6 Å². The Bertz CT molecular complexity index is 813. The molecule has 10 heteroatoms. The zero-order valence-corrected chi connectivity index (χ0v) is 16.2. The Morgan fingerprint density at radius 2 is 1.79 bits per heavy atom. The fourth-order valence-electron chi connectivity index (χ4n) is 1.93. The highest BCUT2D eigenvalue weighted by molar-refractivity contribution is 5.90. The van der Waals surface area contributed by atoms with E-state index in [1.54, 1.807) is 19.2 Å². The number of hydrogen-bond donors (Lipinski definition) is 2. The van der Waals surface area contributed by atoms with E-state index in [4.69, 9.17) is 9.47 Å². The highest BCUT2D eigenvalue weighted by Crippen LogP contribution is 2.21. The number of methoxy groups -OCH3 is 1. The molecule has 0 aliphatic rings. The quantitative estimate of drug-likeness (QED) is 0.617. The van der Waals surface area contributed by atoms with Crippen LogP contribution in [0.2, 0.25) is 0 Å². The highest BCUT2D eigenvalue weighted by atomic mass is 16.6. The molecule has 0 saturated carbocycles. The third kappa shape index (κ3) is 6.08. The van der Waals surface area contributed by atoms with Gasteiger partial charge in [-0.25, -0.2) is 9.59 Å². The number of esters is 2. The van der Waals surface area contributed by atoms with Gasteiger partial charge in [0.05, 0.1) is 12.7 Å². The van der Waals surface area contributed by atoms with Crippen LogP contribution in [-0.4, -0.2) is 53.7 Å². The maximum absolute atomic E-state index is 11.9. The number of nitrogens with one attached hydrogen (secondary N) is 2. The third-order valence-corrected chi connectivity index (χ3v) is 3.67. The van der Waals surface area contributed by atoms with E-state index in [1.807, 2.05) is 13.8 Å². The minimum absolute atomic E-state index is 0.103. The second-order valence-electron chi connectivity index (χ2n) is 5.75. The number of hydrogen-bond acceptors (Lipinski definition) is 10. The number of nitrogens with zero attached hydrogens (tertiary/aromatic N) is 3. The molecular formula is C18H23N5O5. The molecule has 150 valence electrons. The zero-order chi connectivity index (χ0) is 20.5. The van der Waals surface area contributed by atoms with Gasteiger partial charge < -0.3 is 24.8 Å². The second kappa shape index (κ2) is 10.0. The first-order chi connectivity index (χ1) is 13.4. The molecule has 10 nitrogen and oxygen atoms in total. The van der Waals surface area contributed by atoms with Crippen LogP contribution in [0, 0.1) is 0 Å². The summed E-state index contributed by atoms with van der Waals surface area (Å²) >= 11 is 0. The smallest absolute Gasteiger partial charge is 0.344 e. The molecule has 2 rings (SSSR count). The van der Waals surface area contributed by atoms with Crippen molar-refractivity contribution in [2.24, 2.45) is 0 Å². The first-order valence-corrected chi connectivity index (χ1v) is 8.67. The van der Waals surface area contributed by atoms with Gasteiger partial charge in [-0.05, 0) is 37.6 Å². The van der Waals surface area contributed by atoms with Crippen molar-refractivity contribution in [3.63, 3.8) is 0 Å². The third-order valence-electron chi connectivity index (χ3n) is 3.67. The van der Waals surface area contributed by atoms with Gasteiger partial charge in [0, 0.05) is 13.1 Å². The van der Waals surface area contributed by atoms with Gasteiger partial charge >= 0.3 is 17.9 Å². The van der Waals surface area contributed by atoms with Gasteiger partial charge in [0.15, 0.2) is 6.61 Å². The lowest BCUT2D eigenvalue weighted by atomic mass is 10.2. The summed E-state index contributed by atoms with van der Waals surface area (Å²) in [6, 6.07) is 6.45. The summed E-state index contributed by atoms with van der Waals surface area (Å²) in [4.78, 5) is 35.5. The van der Waals surface area contributed by atoms with E-state index in [1.165, 1.54) is 19.2 Å². The summed E-state index contributed by atoms with van der Waals surface area (Å²) in [6.07, 6.45) is 0.907. The maximum atomic E-state index is 11.9. The van der Waals surface area contributed by atoms with E-state index in [9.17, 15) is 9.59 Å². The Hall–Kier alpha value is -3.43. The van der Waals surface area contributed by atoms with E-state index in [2.05, 4.69) is 30.3 Å². The second-order valence-corrected chi connectivity index (χ2v) is 5.75. The number of benzene rings is 1. The predicted molar refractivity (Wildman–Crippen MR) is 102 cm³/mol. The summed E-state index contributed by atoms with van der Waals surface area (Å²) < 4.78 is 14.9. The van der Waals surface area contributed by atoms with Gasteiger partial charge in [-0.15, -0.1) is 0 Å². The average molecular weight is 389 g/mol. The van der Waals surface area contributed by atoms with E-state index >= 15 is 0 Å². The minimum Gasteiger partial charge on any atom is -0.466 e. The van der Waals surface area contributed by atoms with Gasteiger partial charge in [0.2, 0.25) is 11.9 Å². The molecule has 0 spiro atoms. The Morgan fingerprint density at radius 1 is 1.11 bits per heavy atom. The van der Waals surface area contributed by atoms with Crippen LogP contribution in [0.25, 0.3) is 0 Å². The standard InChI is InChI=1S/C18H23N5O5/c1-5-11(2)20-17-21-16(19-3)22-18(23-17)28-13-8-6-12(7-9-13)15(25)27-10-14(24)26-4/h6-9,11H,5,10H2,1-4H3,(H2,19,20,21,22,23)/t11-/m0/s1. The molecule has 0 amide bonds. The molecule has 1 aromatic carbocycles. The van der Waals surface area contributed by atoms with Crippen molar-refractivity contribution in [3.8, 4) is 11.8 Å². The number of carbonyl (C=O) groups is 2. The number of aromatic nitrogens is 3. The van der Waals surface area contributed by atoms with Crippen LogP contribution >= 0.6 is 0 Å². The van der Waals surface area contributed by atoms with Gasteiger partial charge in [0.25, 0.3) is 0 Å². The molecule has 0 unspecified atom stereocenters. The summed E-state index contributed by atoms with van der Waals surface area (Å²) in [5, 5.41) is 6.02. The predicted octanol–water partition coefficient (Wildman–Crippen LogP) is 2.25. The van der Waals surface area contributed by atoms with E-state index < -0.39 is 18.5 Å². The molecule has 1 atom stereocenters. The number of anilines is 2. The van der Waals surface area contributed by atoms with Gasteiger partial charge in [-0.2, -0.15) is 15.0 Å². The van der Waals surface area contributed by atoms with Crippen LogP contribution in [0.4, 0.5) is 11.9 Å². The van der Waals surface area contributed by atoms with Gasteiger partial charge in [0.1, 0.15) is 5.75 Å². The van der Waals surface area contributed by atoms with Crippen LogP contribution in [0.5, 0.6) is 11.8 Å². The fourth-order valence-corrected chi connectivity index (χ4v) is 1.93. The molecule has 0 fully saturated rings. The normalized spacial score (nSPS) is 11.3. The molecular weight excluding hydrogens is 366 g/mol. The molecule has 2 N–H and O–H groups in total. The first kappa shape index (κ1) is 20.9. The fraction of sp³-hybridized carbons (Fsp3) is 0.389. The molecule has 2 aromatic rings. The summed E-state index contributed by atoms with van der Waals surface area (Å²) in [6.45, 7) is 3.62. The average Bonchev–Trinajstić information content (AvgIpc) is 2.71. The van der Waals surface area contributed by atoms with E-state index in [-0.39, 0.29) is 17.6 Å². The zero-order valence-electron chi connectivity index (χ0n) is 16.2. The monoisotopic (exact) mass is 389 g/mol. The lowest BCUT2D eigenvalue weighted by Crippen LogP contribution is -2.17. The van der Waals surface area contributed by atoms with Crippen molar-refractivity contribution in [3.05, 3.63) is 29.8 Å². The van der Waals surface area contributed by atoms with Crippen LogP contribution in [0.3, 0.4) is 0 Å². The lowest BCUT2D eigenvalue weighted by Gasteiger charge is -2.13. The Kier molecular flexibility index (Phi) is 7.49. The summed E-state index contributed by atoms with van der Waals surface area (Å²) in [7, 11) is 2.91. The topological polar surface area (TPSA) is 125 Å². The van der Waals surface area contributed by atoms with Crippen molar-refractivity contribution in [1.29, 1.82) is 0 Å². The Balaban J connectivity index is 2.07. The van der Waals surface area contributed by atoms with Gasteiger partial charge in [-0.1, -0.05) is 6.92 Å². The highest BCUT2D eigenvalue weighted by Gasteiger charge is 2.12. The van der Waals surface area contributed by atoms with E-state index in [0.717, 1.165) is 6.42 Å². The molecule has 0 saturated heterocycles. The molecule has 0 bridgehead atoms. The first-order valence-electron chi connectivity index (χ1n) is 8.67. The van der Waals surface area contributed by atoms with Crippen LogP contribution in [-0.2, 0) is 14.3 Å². The number of carbonyl (C=O) groups excluding carboxylic acids is 2. The van der Waals surface area contributed by atoms with Gasteiger partial charge in [-0.3, -0.25) is 0 Å².